The van der Waals surface area contributed by atoms with Crippen molar-refractivity contribution in [2.45, 2.75) is 36.9 Å². The molecule has 0 amide bonds. The van der Waals surface area contributed by atoms with Crippen LogP contribution >= 0.6 is 10.7 Å². The molecule has 0 N–H and O–H groups in total. The van der Waals surface area contributed by atoms with E-state index in [2.05, 4.69) is 5.16 Å². The third-order valence-electron chi connectivity index (χ3n) is 3.96. The summed E-state index contributed by atoms with van der Waals surface area (Å²) in [4.78, 5) is 0. The van der Waals surface area contributed by atoms with Crippen LogP contribution in [0.2, 0.25) is 0 Å². The fourth-order valence-electron chi connectivity index (χ4n) is 3.01. The first-order chi connectivity index (χ1) is 8.50. The van der Waals surface area contributed by atoms with Gasteiger partial charge in [-0.25, -0.2) is 8.42 Å². The summed E-state index contributed by atoms with van der Waals surface area (Å²) in [5, 5.41) is 3.89. The zero-order chi connectivity index (χ0) is 12.8. The molecule has 18 heavy (non-hydrogen) atoms. The number of fused-ring (bicyclic) bond motifs is 2. The van der Waals surface area contributed by atoms with E-state index in [9.17, 15) is 8.42 Å². The van der Waals surface area contributed by atoms with E-state index in [1.54, 1.807) is 0 Å². The lowest BCUT2D eigenvalue weighted by molar-refractivity contribution is 0.0408. The maximum Gasteiger partial charge on any atom is 0.238 e. The van der Waals surface area contributed by atoms with Gasteiger partial charge in [-0.05, 0) is 25.7 Å². The molecule has 7 heteroatoms. The van der Waals surface area contributed by atoms with Gasteiger partial charge < -0.3 is 9.26 Å². The van der Waals surface area contributed by atoms with Crippen LogP contribution in [0, 0.1) is 0 Å². The highest BCUT2D eigenvalue weighted by Gasteiger charge is 2.45. The van der Waals surface area contributed by atoms with E-state index in [1.165, 1.54) is 0 Å². The van der Waals surface area contributed by atoms with Crippen molar-refractivity contribution in [3.05, 3.63) is 17.0 Å². The number of hydrogen-bond acceptors (Lipinski definition) is 5. The molecule has 5 nitrogen and oxygen atoms in total. The topological polar surface area (TPSA) is 69.4 Å². The van der Waals surface area contributed by atoms with E-state index in [0.29, 0.717) is 5.69 Å². The van der Waals surface area contributed by atoms with Crippen LogP contribution in [0.3, 0.4) is 0 Å². The summed E-state index contributed by atoms with van der Waals surface area (Å²) in [6.07, 6.45) is 3.65. The summed E-state index contributed by atoms with van der Waals surface area (Å²) in [5.74, 6) is 0.612. The van der Waals surface area contributed by atoms with Crippen molar-refractivity contribution in [1.29, 1.82) is 0 Å². The Morgan fingerprint density at radius 3 is 2.67 bits per heavy atom. The predicted octanol–water partition coefficient (Wildman–Crippen LogP) is 1.74. The molecule has 1 aliphatic carbocycles. The average Bonchev–Trinajstić information content (AvgIpc) is 2.83. The van der Waals surface area contributed by atoms with E-state index in [1.807, 2.05) is 0 Å². The van der Waals surface area contributed by atoms with Crippen molar-refractivity contribution in [3.8, 4) is 0 Å². The van der Waals surface area contributed by atoms with Crippen LogP contribution in [0.5, 0.6) is 0 Å². The smallest absolute Gasteiger partial charge is 0.238 e. The molecule has 100 valence electrons. The molecule has 0 unspecified atom stereocenters. The van der Waals surface area contributed by atoms with Gasteiger partial charge in [0.1, 0.15) is 17.2 Å². The first kappa shape index (κ1) is 12.4. The minimum Gasteiger partial charge on any atom is -0.381 e. The van der Waals surface area contributed by atoms with Crippen molar-refractivity contribution in [2.75, 3.05) is 13.2 Å². The lowest BCUT2D eigenvalue weighted by atomic mass is 9.79. The molecular weight excluding hydrogens is 278 g/mol. The Morgan fingerprint density at radius 2 is 2.00 bits per heavy atom. The quantitative estimate of drug-likeness (QED) is 0.776. The highest BCUT2D eigenvalue weighted by atomic mass is 35.7. The zero-order valence-electron chi connectivity index (χ0n) is 9.82. The van der Waals surface area contributed by atoms with Crippen molar-refractivity contribution in [2.24, 2.45) is 0 Å². The molecule has 1 aliphatic heterocycles. The van der Waals surface area contributed by atoms with E-state index >= 15 is 0 Å². The normalized spacial score (nSPS) is 22.3. The van der Waals surface area contributed by atoms with Gasteiger partial charge in [0, 0.05) is 34.9 Å². The number of hydrogen-bond donors (Lipinski definition) is 0. The Labute approximate surface area is 110 Å². The molecule has 1 spiro atoms. The Morgan fingerprint density at radius 1 is 1.28 bits per heavy atom. The van der Waals surface area contributed by atoms with Crippen molar-refractivity contribution in [1.82, 2.24) is 5.16 Å². The van der Waals surface area contributed by atoms with Gasteiger partial charge in [0.05, 0.1) is 0 Å². The highest BCUT2D eigenvalue weighted by molar-refractivity contribution is 8.13. The van der Waals surface area contributed by atoms with Crippen LogP contribution in [0.1, 0.15) is 36.3 Å². The van der Waals surface area contributed by atoms with Crippen molar-refractivity contribution < 1.29 is 17.7 Å². The monoisotopic (exact) mass is 291 g/mol. The van der Waals surface area contributed by atoms with Gasteiger partial charge in [-0.15, -0.1) is 0 Å². The van der Waals surface area contributed by atoms with E-state index in [0.717, 1.165) is 50.2 Å². The molecule has 0 aromatic carbocycles. The number of ether oxygens (including phenoxy) is 1. The Hall–Kier alpha value is -0.590. The molecule has 1 saturated heterocycles. The van der Waals surface area contributed by atoms with E-state index in [-0.39, 0.29) is 11.2 Å². The van der Waals surface area contributed by atoms with Gasteiger partial charge in [-0.1, -0.05) is 5.16 Å². The molecule has 2 heterocycles. The van der Waals surface area contributed by atoms with Crippen LogP contribution in [0.25, 0.3) is 0 Å². The third kappa shape index (κ3) is 2.06. The molecule has 0 bridgehead atoms. The van der Waals surface area contributed by atoms with Crippen LogP contribution < -0.4 is 0 Å². The van der Waals surface area contributed by atoms with Crippen LogP contribution in [-0.2, 0) is 31.4 Å². The number of halogens is 1. The summed E-state index contributed by atoms with van der Waals surface area (Å²) in [5.41, 5.74) is 1.43. The highest BCUT2D eigenvalue weighted by Crippen LogP contribution is 2.47. The van der Waals surface area contributed by atoms with Gasteiger partial charge in [0.15, 0.2) is 0 Å². The summed E-state index contributed by atoms with van der Waals surface area (Å²) in [6.45, 7) is 1.45. The van der Waals surface area contributed by atoms with Gasteiger partial charge in [0.2, 0.25) is 9.05 Å². The molecular formula is C11H14ClNO4S. The van der Waals surface area contributed by atoms with Crippen LogP contribution in [0.4, 0.5) is 0 Å². The SMILES string of the molecule is O=S(=O)(Cl)Cc1noc2c1CCC21CCOCC1. The fourth-order valence-corrected chi connectivity index (χ4v) is 3.87. The van der Waals surface area contributed by atoms with Gasteiger partial charge in [-0.3, -0.25) is 0 Å². The Bertz CT molecular complexity index is 560. The van der Waals surface area contributed by atoms with Gasteiger partial charge in [-0.2, -0.15) is 0 Å². The number of nitrogens with zero attached hydrogens (tertiary/aromatic N) is 1. The molecule has 1 aromatic heterocycles. The van der Waals surface area contributed by atoms with Gasteiger partial charge >= 0.3 is 0 Å². The molecule has 1 aromatic rings. The van der Waals surface area contributed by atoms with E-state index < -0.39 is 9.05 Å². The average molecular weight is 292 g/mol. The minimum atomic E-state index is -3.59. The first-order valence-electron chi connectivity index (χ1n) is 5.98. The molecule has 2 aliphatic rings. The van der Waals surface area contributed by atoms with Crippen molar-refractivity contribution >= 4 is 19.7 Å². The molecule has 1 fully saturated rings. The second kappa shape index (κ2) is 4.21. The van der Waals surface area contributed by atoms with Crippen LogP contribution in [0.15, 0.2) is 4.52 Å². The summed E-state index contributed by atoms with van der Waals surface area (Å²) in [7, 11) is 1.69. The lowest BCUT2D eigenvalue weighted by Gasteiger charge is -2.31. The Balaban J connectivity index is 1.94. The zero-order valence-corrected chi connectivity index (χ0v) is 11.4. The lowest BCUT2D eigenvalue weighted by Crippen LogP contribution is -2.31. The Kier molecular flexibility index (Phi) is 2.91. The summed E-state index contributed by atoms with van der Waals surface area (Å²) >= 11 is 0. The van der Waals surface area contributed by atoms with Crippen molar-refractivity contribution in [3.63, 3.8) is 0 Å². The van der Waals surface area contributed by atoms with E-state index in [4.69, 9.17) is 19.9 Å². The van der Waals surface area contributed by atoms with Gasteiger partial charge in [0.25, 0.3) is 0 Å². The first-order valence-corrected chi connectivity index (χ1v) is 8.46. The second-order valence-corrected chi connectivity index (χ2v) is 7.79. The minimum absolute atomic E-state index is 0.00884. The summed E-state index contributed by atoms with van der Waals surface area (Å²) in [6, 6.07) is 0. The fraction of sp³-hybridized carbons (Fsp3) is 0.727. The van der Waals surface area contributed by atoms with Crippen LogP contribution in [-0.4, -0.2) is 26.8 Å². The maximum absolute atomic E-state index is 11.1. The standard InChI is InChI=1S/C11H14ClNO4S/c12-18(14,15)7-9-8-1-2-11(10(8)17-13-9)3-5-16-6-4-11/h1-7H2. The maximum atomic E-state index is 11.1. The molecule has 3 rings (SSSR count). The second-order valence-electron chi connectivity index (χ2n) is 5.01. The molecule has 0 radical (unpaired) electrons. The summed E-state index contributed by atoms with van der Waals surface area (Å²) < 4.78 is 33.1. The largest absolute Gasteiger partial charge is 0.381 e. The number of rotatable bonds is 2. The molecule has 0 atom stereocenters. The molecule has 0 saturated carbocycles. The number of aromatic nitrogens is 1. The third-order valence-corrected chi connectivity index (χ3v) is 4.91. The predicted molar refractivity (Wildman–Crippen MR) is 65.0 cm³/mol.